The van der Waals surface area contributed by atoms with Crippen LogP contribution in [0.2, 0.25) is 0 Å². The first-order valence-electron chi connectivity index (χ1n) is 7.13. The van der Waals surface area contributed by atoms with Crippen LogP contribution in [0.5, 0.6) is 0 Å². The molecule has 0 aliphatic carbocycles. The monoisotopic (exact) mass is 360 g/mol. The van der Waals surface area contributed by atoms with Crippen molar-refractivity contribution in [3.63, 3.8) is 0 Å². The molecule has 114 valence electrons. The first-order valence-corrected chi connectivity index (χ1v) is 9.98. The molecule has 0 aliphatic rings. The zero-order valence-corrected chi connectivity index (χ0v) is 15.4. The zero-order valence-electron chi connectivity index (χ0n) is 12.8. The maximum Gasteiger partial charge on any atom is 0.512 e. The predicted molar refractivity (Wildman–Crippen MR) is 88.2 cm³/mol. The van der Waals surface area contributed by atoms with Crippen molar-refractivity contribution in [1.82, 2.24) is 0 Å². The third kappa shape index (κ3) is 3.51. The Morgan fingerprint density at radius 3 is 1.75 bits per heavy atom. The Labute approximate surface area is 132 Å². The van der Waals surface area contributed by atoms with Crippen LogP contribution in [-0.4, -0.2) is 34.0 Å². The van der Waals surface area contributed by atoms with Crippen molar-refractivity contribution in [3.8, 4) is 0 Å². The van der Waals surface area contributed by atoms with E-state index in [2.05, 4.69) is 35.0 Å². The summed E-state index contributed by atoms with van der Waals surface area (Å²) in [5.41, 5.74) is 1.18. The summed E-state index contributed by atoms with van der Waals surface area (Å²) in [5.74, 6) is 0. The molecular formula is C15H25BrO3Si. The normalized spacial score (nSPS) is 15.1. The number of hydrogen-bond donors (Lipinski definition) is 0. The van der Waals surface area contributed by atoms with E-state index in [0.29, 0.717) is 19.8 Å². The van der Waals surface area contributed by atoms with Gasteiger partial charge in [0.25, 0.3) is 0 Å². The molecule has 1 aromatic rings. The molecule has 0 heterocycles. The molecule has 0 saturated heterocycles. The molecule has 20 heavy (non-hydrogen) atoms. The molecular weight excluding hydrogens is 336 g/mol. The lowest BCUT2D eigenvalue weighted by Crippen LogP contribution is -2.63. The van der Waals surface area contributed by atoms with E-state index in [1.807, 2.05) is 39.0 Å². The highest BCUT2D eigenvalue weighted by Gasteiger charge is 2.58. The topological polar surface area (TPSA) is 27.7 Å². The van der Waals surface area contributed by atoms with E-state index in [1.165, 1.54) is 5.56 Å². The van der Waals surface area contributed by atoms with Crippen LogP contribution in [-0.2, 0) is 18.3 Å². The number of halogens is 1. The molecule has 1 atom stereocenters. The van der Waals surface area contributed by atoms with Gasteiger partial charge in [0.05, 0.1) is 5.04 Å². The van der Waals surface area contributed by atoms with E-state index in [0.717, 1.165) is 5.33 Å². The van der Waals surface area contributed by atoms with E-state index in [4.69, 9.17) is 13.3 Å². The van der Waals surface area contributed by atoms with Crippen LogP contribution >= 0.6 is 15.9 Å². The molecule has 3 nitrogen and oxygen atoms in total. The second-order valence-electron chi connectivity index (χ2n) is 4.69. The van der Waals surface area contributed by atoms with Crippen LogP contribution in [0.15, 0.2) is 30.3 Å². The number of hydrogen-bond acceptors (Lipinski definition) is 3. The quantitative estimate of drug-likeness (QED) is 0.493. The summed E-state index contributed by atoms with van der Waals surface area (Å²) >= 11 is 3.65. The maximum atomic E-state index is 6.09. The first kappa shape index (κ1) is 17.8. The Morgan fingerprint density at radius 2 is 1.40 bits per heavy atom. The Hall–Kier alpha value is -0.203. The van der Waals surface area contributed by atoms with E-state index in [-0.39, 0.29) is 5.04 Å². The molecule has 0 amide bonds. The smallest absolute Gasteiger partial charge is 0.373 e. The summed E-state index contributed by atoms with van der Waals surface area (Å²) in [7, 11) is -2.84. The van der Waals surface area contributed by atoms with Crippen molar-refractivity contribution in [1.29, 1.82) is 0 Å². The van der Waals surface area contributed by atoms with Gasteiger partial charge in [-0.2, -0.15) is 0 Å². The molecule has 0 fully saturated rings. The molecule has 0 bridgehead atoms. The fraction of sp³-hybridized carbons (Fsp3) is 0.600. The Morgan fingerprint density at radius 1 is 0.950 bits per heavy atom. The van der Waals surface area contributed by atoms with Gasteiger partial charge in [-0.15, -0.1) is 0 Å². The third-order valence-corrected chi connectivity index (χ3v) is 8.82. The second kappa shape index (κ2) is 8.29. The molecule has 1 unspecified atom stereocenters. The highest BCUT2D eigenvalue weighted by atomic mass is 79.9. The lowest BCUT2D eigenvalue weighted by Gasteiger charge is -2.42. The van der Waals surface area contributed by atoms with Gasteiger partial charge < -0.3 is 13.3 Å². The van der Waals surface area contributed by atoms with Gasteiger partial charge in [-0.05, 0) is 26.3 Å². The summed E-state index contributed by atoms with van der Waals surface area (Å²) in [6, 6.07) is 10.3. The average molecular weight is 361 g/mol. The van der Waals surface area contributed by atoms with Crippen LogP contribution in [0.1, 0.15) is 33.3 Å². The number of benzene rings is 1. The fourth-order valence-corrected chi connectivity index (χ4v) is 6.70. The van der Waals surface area contributed by atoms with Crippen LogP contribution in [0.4, 0.5) is 0 Å². The molecule has 0 aromatic heterocycles. The lowest BCUT2D eigenvalue weighted by atomic mass is 10.0. The van der Waals surface area contributed by atoms with Gasteiger partial charge in [0, 0.05) is 25.2 Å². The van der Waals surface area contributed by atoms with Crippen molar-refractivity contribution in [3.05, 3.63) is 35.9 Å². The maximum absolute atomic E-state index is 6.09. The molecule has 0 aliphatic heterocycles. The van der Waals surface area contributed by atoms with Crippen molar-refractivity contribution in [2.45, 2.75) is 32.7 Å². The third-order valence-electron chi connectivity index (χ3n) is 3.36. The van der Waals surface area contributed by atoms with Gasteiger partial charge in [-0.3, -0.25) is 0 Å². The molecule has 1 rings (SSSR count). The first-order chi connectivity index (χ1) is 9.60. The highest BCUT2D eigenvalue weighted by molar-refractivity contribution is 9.09. The summed E-state index contributed by atoms with van der Waals surface area (Å²) in [4.78, 5) is 0. The molecule has 0 N–H and O–H groups in total. The van der Waals surface area contributed by atoms with Crippen molar-refractivity contribution in [2.24, 2.45) is 0 Å². The summed E-state index contributed by atoms with van der Waals surface area (Å²) in [6.07, 6.45) is 0. The number of alkyl halides is 1. The largest absolute Gasteiger partial charge is 0.512 e. The Bertz CT molecular complexity index is 371. The van der Waals surface area contributed by atoms with Crippen molar-refractivity contribution >= 4 is 24.7 Å². The van der Waals surface area contributed by atoms with Gasteiger partial charge in [0.15, 0.2) is 0 Å². The minimum Gasteiger partial charge on any atom is -0.373 e. The van der Waals surface area contributed by atoms with Crippen LogP contribution in [0.25, 0.3) is 0 Å². The van der Waals surface area contributed by atoms with Gasteiger partial charge >= 0.3 is 8.80 Å². The molecule has 5 heteroatoms. The Kier molecular flexibility index (Phi) is 7.40. The van der Waals surface area contributed by atoms with Gasteiger partial charge in [0.2, 0.25) is 0 Å². The molecule has 0 radical (unpaired) electrons. The minimum atomic E-state index is -2.84. The summed E-state index contributed by atoms with van der Waals surface area (Å²) in [6.45, 7) is 9.87. The van der Waals surface area contributed by atoms with Gasteiger partial charge in [-0.25, -0.2) is 0 Å². The van der Waals surface area contributed by atoms with Crippen molar-refractivity contribution in [2.75, 3.05) is 25.2 Å². The summed E-state index contributed by atoms with van der Waals surface area (Å²) < 4.78 is 18.3. The summed E-state index contributed by atoms with van der Waals surface area (Å²) in [5, 5.41) is 0.423. The fourth-order valence-electron chi connectivity index (χ4n) is 2.31. The van der Waals surface area contributed by atoms with Gasteiger partial charge in [0.1, 0.15) is 0 Å². The lowest BCUT2D eigenvalue weighted by molar-refractivity contribution is 0.0502. The number of rotatable bonds is 9. The molecule has 0 saturated carbocycles. The van der Waals surface area contributed by atoms with E-state index in [9.17, 15) is 0 Å². The van der Waals surface area contributed by atoms with E-state index in [1.54, 1.807) is 0 Å². The highest BCUT2D eigenvalue weighted by Crippen LogP contribution is 2.38. The average Bonchev–Trinajstić information content (AvgIpc) is 2.48. The second-order valence-corrected chi connectivity index (χ2v) is 8.33. The standard InChI is InChI=1S/C15H25BrO3Si/c1-5-17-20(18-6-2,19-7-3)15(4,13-16)14-11-9-8-10-12-14/h8-12H,5-7,13H2,1-4H3. The van der Waals surface area contributed by atoms with Gasteiger partial charge in [-0.1, -0.05) is 53.2 Å². The molecule has 0 spiro atoms. The SMILES string of the molecule is CCO[Si](OCC)(OCC)C(C)(CBr)c1ccccc1. The van der Waals surface area contributed by atoms with Crippen LogP contribution < -0.4 is 0 Å². The van der Waals surface area contributed by atoms with Crippen molar-refractivity contribution < 1.29 is 13.3 Å². The minimum absolute atomic E-state index is 0.309. The zero-order chi connectivity index (χ0) is 15.1. The van der Waals surface area contributed by atoms with Crippen LogP contribution in [0, 0.1) is 0 Å². The van der Waals surface area contributed by atoms with Crippen LogP contribution in [0.3, 0.4) is 0 Å². The molecule has 1 aromatic carbocycles. The van der Waals surface area contributed by atoms with E-state index >= 15 is 0 Å². The van der Waals surface area contributed by atoms with E-state index < -0.39 is 8.80 Å². The predicted octanol–water partition coefficient (Wildman–Crippen LogP) is 3.93. The Balaban J connectivity index is 3.31.